The Bertz CT molecular complexity index is 712. The Kier molecular flexibility index (Phi) is 4.41. The third-order valence-electron chi connectivity index (χ3n) is 2.84. The summed E-state index contributed by atoms with van der Waals surface area (Å²) < 4.78 is 13.4. The Morgan fingerprint density at radius 2 is 2.19 bits per heavy atom. The van der Waals surface area contributed by atoms with Crippen molar-refractivity contribution in [1.82, 2.24) is 4.98 Å². The number of nitrogens with zero attached hydrogens (tertiary/aromatic N) is 3. The van der Waals surface area contributed by atoms with Gasteiger partial charge in [0.05, 0.1) is 10.5 Å². The topological polar surface area (TPSA) is 91.8 Å². The van der Waals surface area contributed by atoms with Crippen molar-refractivity contribution in [2.75, 3.05) is 11.9 Å². The second-order valence-electron chi connectivity index (χ2n) is 4.23. The average molecular weight is 286 g/mol. The van der Waals surface area contributed by atoms with Crippen LogP contribution in [0.4, 0.5) is 15.9 Å². The molecule has 0 bridgehead atoms. The number of pyridine rings is 1. The van der Waals surface area contributed by atoms with Gasteiger partial charge in [0.15, 0.2) is 0 Å². The number of rotatable bonds is 5. The van der Waals surface area contributed by atoms with Crippen LogP contribution in [0.25, 0.3) is 0 Å². The fraction of sp³-hybridized carbons (Fsp3) is 0.143. The van der Waals surface area contributed by atoms with Crippen LogP contribution < -0.4 is 5.32 Å². The fourth-order valence-corrected chi connectivity index (χ4v) is 1.81. The van der Waals surface area contributed by atoms with Crippen molar-refractivity contribution in [3.05, 3.63) is 63.6 Å². The second kappa shape index (κ2) is 6.43. The van der Waals surface area contributed by atoms with E-state index in [0.717, 1.165) is 6.07 Å². The normalized spacial score (nSPS) is 9.90. The fourth-order valence-electron chi connectivity index (χ4n) is 1.81. The number of nitrogens with one attached hydrogen (secondary N) is 1. The predicted octanol–water partition coefficient (Wildman–Crippen LogP) is 2.66. The van der Waals surface area contributed by atoms with E-state index in [4.69, 9.17) is 5.26 Å². The highest BCUT2D eigenvalue weighted by molar-refractivity contribution is 5.58. The monoisotopic (exact) mass is 286 g/mol. The van der Waals surface area contributed by atoms with Crippen LogP contribution in [0.2, 0.25) is 0 Å². The molecule has 0 amide bonds. The molecule has 1 heterocycles. The molecule has 0 aliphatic carbocycles. The first kappa shape index (κ1) is 14.4. The van der Waals surface area contributed by atoms with Crippen molar-refractivity contribution >= 4 is 11.5 Å². The number of nitro groups is 1. The number of aromatic nitrogens is 1. The van der Waals surface area contributed by atoms with E-state index in [1.54, 1.807) is 24.3 Å². The Balaban J connectivity index is 2.08. The SMILES string of the molecule is N#Cc1cnc(NCCc2ccccc2F)c([N+](=O)[O-])c1. The lowest BCUT2D eigenvalue weighted by Crippen LogP contribution is -2.09. The van der Waals surface area contributed by atoms with E-state index < -0.39 is 4.92 Å². The van der Waals surface area contributed by atoms with Crippen LogP contribution in [0.5, 0.6) is 0 Å². The largest absolute Gasteiger partial charge is 0.364 e. The quantitative estimate of drug-likeness (QED) is 0.673. The first-order valence-electron chi connectivity index (χ1n) is 6.13. The number of hydrogen-bond donors (Lipinski definition) is 1. The van der Waals surface area contributed by atoms with Crippen LogP contribution in [0, 0.1) is 27.3 Å². The molecule has 1 aromatic carbocycles. The van der Waals surface area contributed by atoms with Crippen LogP contribution >= 0.6 is 0 Å². The Labute approximate surface area is 120 Å². The maximum Gasteiger partial charge on any atom is 0.312 e. The molecule has 2 rings (SSSR count). The molecule has 0 saturated carbocycles. The Hall–Kier alpha value is -3.01. The molecule has 21 heavy (non-hydrogen) atoms. The number of hydrogen-bond acceptors (Lipinski definition) is 5. The van der Waals surface area contributed by atoms with Gasteiger partial charge in [-0.3, -0.25) is 10.1 Å². The van der Waals surface area contributed by atoms with Crippen molar-refractivity contribution in [2.24, 2.45) is 0 Å². The molecule has 0 saturated heterocycles. The van der Waals surface area contributed by atoms with E-state index in [0.29, 0.717) is 18.5 Å². The zero-order valence-corrected chi connectivity index (χ0v) is 10.9. The first-order chi connectivity index (χ1) is 10.1. The van der Waals surface area contributed by atoms with Gasteiger partial charge in [-0.05, 0) is 18.1 Å². The van der Waals surface area contributed by atoms with Gasteiger partial charge in [0, 0.05) is 18.8 Å². The average Bonchev–Trinajstić information content (AvgIpc) is 2.49. The van der Waals surface area contributed by atoms with Crippen LogP contribution in [-0.2, 0) is 6.42 Å². The number of halogens is 1. The van der Waals surface area contributed by atoms with Gasteiger partial charge in [0.2, 0.25) is 5.82 Å². The first-order valence-corrected chi connectivity index (χ1v) is 6.13. The standard InChI is InChI=1S/C14H11FN4O2/c15-12-4-2-1-3-11(12)5-6-17-14-13(19(20)21)7-10(8-16)9-18-14/h1-4,7,9H,5-6H2,(H,17,18). The molecule has 0 atom stereocenters. The van der Waals surface area contributed by atoms with Gasteiger partial charge < -0.3 is 5.32 Å². The van der Waals surface area contributed by atoms with Gasteiger partial charge >= 0.3 is 5.69 Å². The molecule has 6 nitrogen and oxygen atoms in total. The lowest BCUT2D eigenvalue weighted by atomic mass is 10.1. The van der Waals surface area contributed by atoms with E-state index in [9.17, 15) is 14.5 Å². The molecule has 0 unspecified atom stereocenters. The molecular weight excluding hydrogens is 275 g/mol. The van der Waals surface area contributed by atoms with E-state index in [-0.39, 0.29) is 22.9 Å². The minimum atomic E-state index is -0.612. The lowest BCUT2D eigenvalue weighted by molar-refractivity contribution is -0.384. The van der Waals surface area contributed by atoms with Crippen LogP contribution in [0.15, 0.2) is 36.5 Å². The summed E-state index contributed by atoms with van der Waals surface area (Å²) in [6.07, 6.45) is 1.62. The summed E-state index contributed by atoms with van der Waals surface area (Å²) in [5.74, 6) is -0.253. The van der Waals surface area contributed by atoms with Crippen molar-refractivity contribution in [3.63, 3.8) is 0 Å². The maximum absolute atomic E-state index is 13.4. The number of benzene rings is 1. The maximum atomic E-state index is 13.4. The van der Waals surface area contributed by atoms with E-state index in [1.807, 2.05) is 0 Å². The van der Waals surface area contributed by atoms with Crippen LogP contribution in [-0.4, -0.2) is 16.5 Å². The molecule has 2 aromatic rings. The third kappa shape index (κ3) is 3.51. The summed E-state index contributed by atoms with van der Waals surface area (Å²) in [4.78, 5) is 14.2. The highest BCUT2D eigenvalue weighted by Crippen LogP contribution is 2.22. The molecule has 0 spiro atoms. The molecule has 106 valence electrons. The molecule has 1 aromatic heterocycles. The van der Waals surface area contributed by atoms with E-state index in [1.165, 1.54) is 12.3 Å². The van der Waals surface area contributed by atoms with Gasteiger partial charge in [-0.2, -0.15) is 5.26 Å². The molecule has 7 heteroatoms. The molecule has 0 fully saturated rings. The minimum Gasteiger partial charge on any atom is -0.364 e. The van der Waals surface area contributed by atoms with Crippen molar-refractivity contribution in [3.8, 4) is 6.07 Å². The van der Waals surface area contributed by atoms with Crippen LogP contribution in [0.1, 0.15) is 11.1 Å². The minimum absolute atomic E-state index is 0.0651. The summed E-state index contributed by atoms with van der Waals surface area (Å²) in [6, 6.07) is 9.27. The van der Waals surface area contributed by atoms with Crippen molar-refractivity contribution in [2.45, 2.75) is 6.42 Å². The summed E-state index contributed by atoms with van der Waals surface area (Å²) in [6.45, 7) is 0.292. The summed E-state index contributed by atoms with van der Waals surface area (Å²) >= 11 is 0. The third-order valence-corrected chi connectivity index (χ3v) is 2.84. The number of nitriles is 1. The van der Waals surface area contributed by atoms with Gasteiger partial charge in [-0.1, -0.05) is 18.2 Å². The van der Waals surface area contributed by atoms with Gasteiger partial charge in [-0.15, -0.1) is 0 Å². The van der Waals surface area contributed by atoms with Gasteiger partial charge in [0.25, 0.3) is 0 Å². The smallest absolute Gasteiger partial charge is 0.312 e. The zero-order chi connectivity index (χ0) is 15.2. The molecule has 0 aliphatic rings. The van der Waals surface area contributed by atoms with Gasteiger partial charge in [0.1, 0.15) is 11.9 Å². The van der Waals surface area contributed by atoms with E-state index in [2.05, 4.69) is 10.3 Å². The highest BCUT2D eigenvalue weighted by atomic mass is 19.1. The molecule has 0 aliphatic heterocycles. The molecular formula is C14H11FN4O2. The Morgan fingerprint density at radius 1 is 1.43 bits per heavy atom. The molecule has 0 radical (unpaired) electrons. The summed E-state index contributed by atoms with van der Waals surface area (Å²) in [5.41, 5.74) is 0.352. The van der Waals surface area contributed by atoms with Crippen molar-refractivity contribution < 1.29 is 9.31 Å². The van der Waals surface area contributed by atoms with Crippen LogP contribution in [0.3, 0.4) is 0 Å². The Morgan fingerprint density at radius 3 is 2.86 bits per heavy atom. The zero-order valence-electron chi connectivity index (χ0n) is 10.9. The van der Waals surface area contributed by atoms with Crippen molar-refractivity contribution in [1.29, 1.82) is 5.26 Å². The summed E-state index contributed by atoms with van der Waals surface area (Å²) in [7, 11) is 0. The number of anilines is 1. The highest BCUT2D eigenvalue weighted by Gasteiger charge is 2.16. The predicted molar refractivity (Wildman–Crippen MR) is 74.2 cm³/mol. The summed E-state index contributed by atoms with van der Waals surface area (Å²) in [5, 5.41) is 22.4. The second-order valence-corrected chi connectivity index (χ2v) is 4.23. The molecule has 1 N–H and O–H groups in total. The van der Waals surface area contributed by atoms with Gasteiger partial charge in [-0.25, -0.2) is 9.37 Å². The lowest BCUT2D eigenvalue weighted by Gasteiger charge is -2.07. The van der Waals surface area contributed by atoms with E-state index >= 15 is 0 Å².